The molecule has 2 heteroatoms. The van der Waals surface area contributed by atoms with E-state index in [1.807, 2.05) is 25.2 Å². The van der Waals surface area contributed by atoms with Crippen LogP contribution in [-0.2, 0) is 0 Å². The first-order valence-electron chi connectivity index (χ1n) is 4.84. The number of aliphatic hydroxyl groups excluding tert-OH is 2. The maximum Gasteiger partial charge on any atom is 0.0758 e. The van der Waals surface area contributed by atoms with Crippen LogP contribution in [0.25, 0.3) is 0 Å². The molecule has 1 rings (SSSR count). The molecule has 0 aromatic heterocycles. The van der Waals surface area contributed by atoms with Crippen molar-refractivity contribution in [3.8, 4) is 0 Å². The first-order valence-corrected chi connectivity index (χ1v) is 4.84. The predicted octanol–water partition coefficient (Wildman–Crippen LogP) is 1.64. The molecule has 13 heavy (non-hydrogen) atoms. The first-order chi connectivity index (χ1) is 6.11. The van der Waals surface area contributed by atoms with Crippen molar-refractivity contribution in [1.29, 1.82) is 0 Å². The number of allylic oxidation sites excluding steroid dienone is 2. The van der Waals surface area contributed by atoms with Crippen molar-refractivity contribution in [2.75, 3.05) is 0 Å². The highest BCUT2D eigenvalue weighted by molar-refractivity contribution is 5.24. The minimum absolute atomic E-state index is 0.269. The zero-order valence-corrected chi connectivity index (χ0v) is 8.27. The summed E-state index contributed by atoms with van der Waals surface area (Å²) in [6.07, 6.45) is 7.08. The molecule has 0 saturated carbocycles. The first kappa shape index (κ1) is 10.5. The van der Waals surface area contributed by atoms with E-state index < -0.39 is 6.10 Å². The average Bonchev–Trinajstić information content (AvgIpc) is 2.27. The molecule has 1 aliphatic rings. The Balaban J connectivity index is 2.64. The Hall–Kier alpha value is -0.600. The van der Waals surface area contributed by atoms with Crippen molar-refractivity contribution in [3.05, 3.63) is 23.8 Å². The maximum atomic E-state index is 9.40. The number of aliphatic hydroxyl groups is 2. The molecule has 3 atom stereocenters. The second kappa shape index (κ2) is 4.58. The Kier molecular flexibility index (Phi) is 3.70. The molecule has 0 aliphatic heterocycles. The van der Waals surface area contributed by atoms with Gasteiger partial charge in [-0.2, -0.15) is 0 Å². The fourth-order valence-corrected chi connectivity index (χ4v) is 1.53. The lowest BCUT2D eigenvalue weighted by molar-refractivity contribution is 0.128. The molecule has 0 aromatic carbocycles. The van der Waals surface area contributed by atoms with Gasteiger partial charge in [0, 0.05) is 0 Å². The van der Waals surface area contributed by atoms with Gasteiger partial charge in [-0.15, -0.1) is 0 Å². The number of hydrogen-bond donors (Lipinski definition) is 2. The summed E-state index contributed by atoms with van der Waals surface area (Å²) in [6.45, 7) is 3.58. The minimum Gasteiger partial charge on any atom is -0.393 e. The summed E-state index contributed by atoms with van der Waals surface area (Å²) >= 11 is 0. The van der Waals surface area contributed by atoms with Crippen molar-refractivity contribution in [3.63, 3.8) is 0 Å². The molecular weight excluding hydrogens is 164 g/mol. The van der Waals surface area contributed by atoms with Gasteiger partial charge in [-0.05, 0) is 38.2 Å². The van der Waals surface area contributed by atoms with Crippen molar-refractivity contribution < 1.29 is 10.2 Å². The fraction of sp³-hybridized carbons (Fsp3) is 0.636. The lowest BCUT2D eigenvalue weighted by Gasteiger charge is -2.14. The Bertz CT molecular complexity index is 214. The third-order valence-electron chi connectivity index (χ3n) is 2.57. The third kappa shape index (κ3) is 2.98. The van der Waals surface area contributed by atoms with Crippen LogP contribution >= 0.6 is 0 Å². The van der Waals surface area contributed by atoms with E-state index in [0.717, 1.165) is 18.4 Å². The van der Waals surface area contributed by atoms with E-state index in [1.165, 1.54) is 0 Å². The van der Waals surface area contributed by atoms with Crippen LogP contribution in [0.15, 0.2) is 23.8 Å². The van der Waals surface area contributed by atoms with Gasteiger partial charge >= 0.3 is 0 Å². The van der Waals surface area contributed by atoms with Crippen LogP contribution in [0.3, 0.4) is 0 Å². The Morgan fingerprint density at radius 2 is 2.00 bits per heavy atom. The monoisotopic (exact) mass is 182 g/mol. The second-order valence-corrected chi connectivity index (χ2v) is 3.75. The van der Waals surface area contributed by atoms with Crippen molar-refractivity contribution in [2.45, 2.75) is 38.9 Å². The molecule has 0 bridgehead atoms. The van der Waals surface area contributed by atoms with Crippen LogP contribution in [0.4, 0.5) is 0 Å². The molecule has 3 unspecified atom stereocenters. The topological polar surface area (TPSA) is 40.5 Å². The van der Waals surface area contributed by atoms with Crippen LogP contribution in [0.1, 0.15) is 26.7 Å². The molecule has 2 nitrogen and oxygen atoms in total. The summed E-state index contributed by atoms with van der Waals surface area (Å²) in [7, 11) is 0. The molecule has 0 heterocycles. The van der Waals surface area contributed by atoms with Gasteiger partial charge in [0.25, 0.3) is 0 Å². The van der Waals surface area contributed by atoms with Crippen molar-refractivity contribution >= 4 is 0 Å². The average molecular weight is 182 g/mol. The van der Waals surface area contributed by atoms with Gasteiger partial charge < -0.3 is 10.2 Å². The molecule has 0 amide bonds. The molecule has 0 saturated heterocycles. The molecule has 1 aliphatic carbocycles. The fourth-order valence-electron chi connectivity index (χ4n) is 1.53. The third-order valence-corrected chi connectivity index (χ3v) is 2.57. The van der Waals surface area contributed by atoms with Crippen LogP contribution in [0, 0.1) is 5.92 Å². The minimum atomic E-state index is -0.399. The largest absolute Gasteiger partial charge is 0.393 e. The van der Waals surface area contributed by atoms with E-state index in [4.69, 9.17) is 0 Å². The van der Waals surface area contributed by atoms with E-state index in [9.17, 15) is 10.2 Å². The van der Waals surface area contributed by atoms with Gasteiger partial charge in [0.2, 0.25) is 0 Å². The lowest BCUT2D eigenvalue weighted by Crippen LogP contribution is -2.14. The van der Waals surface area contributed by atoms with Gasteiger partial charge in [0.05, 0.1) is 12.2 Å². The standard InChI is InChI=1S/C11H18O2/c1-8(12)10-4-3-5-11(7-6-10)9(2)13/h3-4,6,8-9,11-13H,5,7H2,1-2H3. The van der Waals surface area contributed by atoms with Crippen LogP contribution in [0.2, 0.25) is 0 Å². The number of rotatable bonds is 2. The molecular formula is C11H18O2. The zero-order chi connectivity index (χ0) is 9.84. The highest BCUT2D eigenvalue weighted by Gasteiger charge is 2.15. The predicted molar refractivity (Wildman–Crippen MR) is 53.3 cm³/mol. The summed E-state index contributed by atoms with van der Waals surface area (Å²) in [4.78, 5) is 0. The summed E-state index contributed by atoms with van der Waals surface area (Å²) in [6, 6.07) is 0. The van der Waals surface area contributed by atoms with Gasteiger partial charge in [-0.1, -0.05) is 18.2 Å². The molecule has 0 fully saturated rings. The van der Waals surface area contributed by atoms with Gasteiger partial charge in [0.1, 0.15) is 0 Å². The van der Waals surface area contributed by atoms with E-state index >= 15 is 0 Å². The van der Waals surface area contributed by atoms with Gasteiger partial charge in [-0.25, -0.2) is 0 Å². The Morgan fingerprint density at radius 1 is 1.31 bits per heavy atom. The van der Waals surface area contributed by atoms with Crippen molar-refractivity contribution in [2.24, 2.45) is 5.92 Å². The highest BCUT2D eigenvalue weighted by atomic mass is 16.3. The van der Waals surface area contributed by atoms with E-state index in [1.54, 1.807) is 6.92 Å². The molecule has 74 valence electrons. The van der Waals surface area contributed by atoms with Crippen molar-refractivity contribution in [1.82, 2.24) is 0 Å². The summed E-state index contributed by atoms with van der Waals surface area (Å²) in [5.74, 6) is 0.299. The summed E-state index contributed by atoms with van der Waals surface area (Å²) in [5, 5.41) is 18.7. The number of hydrogen-bond acceptors (Lipinski definition) is 2. The smallest absolute Gasteiger partial charge is 0.0758 e. The molecule has 0 radical (unpaired) electrons. The van der Waals surface area contributed by atoms with Crippen LogP contribution in [0.5, 0.6) is 0 Å². The van der Waals surface area contributed by atoms with Crippen LogP contribution < -0.4 is 0 Å². The maximum absolute atomic E-state index is 9.40. The van der Waals surface area contributed by atoms with Crippen LogP contribution in [-0.4, -0.2) is 22.4 Å². The Morgan fingerprint density at radius 3 is 2.54 bits per heavy atom. The van der Waals surface area contributed by atoms with Gasteiger partial charge in [0.15, 0.2) is 0 Å². The quantitative estimate of drug-likeness (QED) is 0.681. The SMILES string of the molecule is CC(O)C1=CCC(C(C)O)CC=C1. The van der Waals surface area contributed by atoms with E-state index in [-0.39, 0.29) is 6.10 Å². The summed E-state index contributed by atoms with van der Waals surface area (Å²) < 4.78 is 0. The van der Waals surface area contributed by atoms with E-state index in [2.05, 4.69) is 0 Å². The molecule has 0 aromatic rings. The highest BCUT2D eigenvalue weighted by Crippen LogP contribution is 2.21. The lowest BCUT2D eigenvalue weighted by atomic mass is 9.96. The Labute approximate surface area is 79.6 Å². The zero-order valence-electron chi connectivity index (χ0n) is 8.27. The molecule has 2 N–H and O–H groups in total. The van der Waals surface area contributed by atoms with E-state index in [0.29, 0.717) is 5.92 Å². The summed E-state index contributed by atoms with van der Waals surface area (Å²) in [5.41, 5.74) is 0.961. The normalized spacial score (nSPS) is 27.7. The van der Waals surface area contributed by atoms with Gasteiger partial charge in [-0.3, -0.25) is 0 Å². The molecule has 0 spiro atoms. The second-order valence-electron chi connectivity index (χ2n) is 3.75.